The first-order valence-electron chi connectivity index (χ1n) is 8.10. The first-order valence-corrected chi connectivity index (χ1v) is 8.48. The van der Waals surface area contributed by atoms with Crippen LogP contribution in [0, 0.1) is 5.92 Å². The second-order valence-corrected chi connectivity index (χ2v) is 6.98. The third kappa shape index (κ3) is 3.73. The van der Waals surface area contributed by atoms with Crippen molar-refractivity contribution in [3.8, 4) is 0 Å². The van der Waals surface area contributed by atoms with Gasteiger partial charge < -0.3 is 15.1 Å². The first kappa shape index (κ1) is 15.6. The van der Waals surface area contributed by atoms with Crippen molar-refractivity contribution >= 4 is 17.6 Å². The quantitative estimate of drug-likeness (QED) is 0.909. The molecule has 3 rings (SSSR count). The third-order valence-electron chi connectivity index (χ3n) is 4.73. The van der Waals surface area contributed by atoms with E-state index in [9.17, 15) is 4.79 Å². The molecule has 0 spiro atoms. The predicted molar refractivity (Wildman–Crippen MR) is 89.2 cm³/mol. The minimum atomic E-state index is 0.0545. The number of benzene rings is 1. The standard InChI is InChI=1S/C17H24ClN3O/c1-20-7-2-3-13(11-20)10-19-17(22)21-8-6-14-4-5-16(18)9-15(14)12-21/h4-5,9,13H,2-3,6-8,10-12H2,1H3,(H,19,22). The van der Waals surface area contributed by atoms with Gasteiger partial charge in [0.2, 0.25) is 0 Å². The van der Waals surface area contributed by atoms with Crippen LogP contribution in [0.25, 0.3) is 0 Å². The monoisotopic (exact) mass is 321 g/mol. The SMILES string of the molecule is CN1CCCC(CNC(=O)N2CCc3ccc(Cl)cc3C2)C1. The molecule has 0 aromatic heterocycles. The fourth-order valence-corrected chi connectivity index (χ4v) is 3.68. The summed E-state index contributed by atoms with van der Waals surface area (Å²) in [4.78, 5) is 16.6. The van der Waals surface area contributed by atoms with Crippen molar-refractivity contribution in [2.24, 2.45) is 5.92 Å². The minimum Gasteiger partial charge on any atom is -0.338 e. The Morgan fingerprint density at radius 2 is 2.23 bits per heavy atom. The number of hydrogen-bond acceptors (Lipinski definition) is 2. The molecule has 0 saturated carbocycles. The molecule has 2 aliphatic rings. The summed E-state index contributed by atoms with van der Waals surface area (Å²) in [5.74, 6) is 0.578. The summed E-state index contributed by atoms with van der Waals surface area (Å²) >= 11 is 6.06. The molecule has 1 aromatic rings. The molecule has 1 N–H and O–H groups in total. The van der Waals surface area contributed by atoms with Gasteiger partial charge in [-0.15, -0.1) is 0 Å². The maximum absolute atomic E-state index is 12.4. The van der Waals surface area contributed by atoms with Crippen LogP contribution in [0.4, 0.5) is 4.79 Å². The summed E-state index contributed by atoms with van der Waals surface area (Å²) in [5.41, 5.74) is 2.48. The van der Waals surface area contributed by atoms with E-state index < -0.39 is 0 Å². The van der Waals surface area contributed by atoms with Gasteiger partial charge in [-0.05, 0) is 62.0 Å². The Hall–Kier alpha value is -1.26. The molecule has 0 aliphatic carbocycles. The summed E-state index contributed by atoms with van der Waals surface area (Å²) in [7, 11) is 2.15. The normalized spacial score (nSPS) is 22.3. The molecule has 1 saturated heterocycles. The lowest BCUT2D eigenvalue weighted by Crippen LogP contribution is -2.46. The Balaban J connectivity index is 1.53. The summed E-state index contributed by atoms with van der Waals surface area (Å²) in [5, 5.41) is 3.86. The highest BCUT2D eigenvalue weighted by atomic mass is 35.5. The average molecular weight is 322 g/mol. The van der Waals surface area contributed by atoms with Crippen molar-refractivity contribution in [3.05, 3.63) is 34.3 Å². The van der Waals surface area contributed by atoms with Gasteiger partial charge >= 0.3 is 6.03 Å². The molecule has 2 amide bonds. The van der Waals surface area contributed by atoms with Crippen molar-refractivity contribution in [1.82, 2.24) is 15.1 Å². The molecule has 1 fully saturated rings. The van der Waals surface area contributed by atoms with Crippen molar-refractivity contribution < 1.29 is 4.79 Å². The van der Waals surface area contributed by atoms with E-state index in [4.69, 9.17) is 11.6 Å². The van der Waals surface area contributed by atoms with Gasteiger partial charge in [0, 0.05) is 31.2 Å². The summed E-state index contributed by atoms with van der Waals surface area (Å²) < 4.78 is 0. The molecule has 1 atom stereocenters. The second-order valence-electron chi connectivity index (χ2n) is 6.54. The highest BCUT2D eigenvalue weighted by molar-refractivity contribution is 6.30. The largest absolute Gasteiger partial charge is 0.338 e. The highest BCUT2D eigenvalue weighted by Gasteiger charge is 2.22. The van der Waals surface area contributed by atoms with Gasteiger partial charge in [-0.1, -0.05) is 17.7 Å². The molecule has 4 nitrogen and oxygen atoms in total. The Bertz CT molecular complexity index is 549. The molecular formula is C17H24ClN3O. The maximum atomic E-state index is 12.4. The molecule has 1 aromatic carbocycles. The molecule has 2 heterocycles. The number of amides is 2. The van der Waals surface area contributed by atoms with Gasteiger partial charge in [-0.3, -0.25) is 0 Å². The van der Waals surface area contributed by atoms with Crippen molar-refractivity contribution in [2.45, 2.75) is 25.8 Å². The number of halogens is 1. The lowest BCUT2D eigenvalue weighted by molar-refractivity contribution is 0.179. The highest BCUT2D eigenvalue weighted by Crippen LogP contribution is 2.22. The summed E-state index contributed by atoms with van der Waals surface area (Å²) in [6.07, 6.45) is 3.35. The average Bonchev–Trinajstić information content (AvgIpc) is 2.52. The lowest BCUT2D eigenvalue weighted by atomic mass is 9.98. The number of piperidine rings is 1. The van der Waals surface area contributed by atoms with Gasteiger partial charge in [0.05, 0.1) is 0 Å². The molecular weight excluding hydrogens is 298 g/mol. The topological polar surface area (TPSA) is 35.6 Å². The second kappa shape index (κ2) is 6.88. The van der Waals surface area contributed by atoms with Crippen LogP contribution in [0.5, 0.6) is 0 Å². The van der Waals surface area contributed by atoms with Crippen LogP contribution in [-0.2, 0) is 13.0 Å². The van der Waals surface area contributed by atoms with E-state index in [0.717, 1.165) is 31.1 Å². The van der Waals surface area contributed by atoms with Gasteiger partial charge in [-0.25, -0.2) is 4.79 Å². The summed E-state index contributed by atoms with van der Waals surface area (Å²) in [6.45, 7) is 4.48. The van der Waals surface area contributed by atoms with E-state index in [1.54, 1.807) is 0 Å². The maximum Gasteiger partial charge on any atom is 0.317 e. The summed E-state index contributed by atoms with van der Waals surface area (Å²) in [6, 6.07) is 6.03. The first-order chi connectivity index (χ1) is 10.6. The molecule has 1 unspecified atom stereocenters. The van der Waals surface area contributed by atoms with Crippen LogP contribution < -0.4 is 5.32 Å². The molecule has 120 valence electrons. The van der Waals surface area contributed by atoms with Crippen LogP contribution in [0.1, 0.15) is 24.0 Å². The van der Waals surface area contributed by atoms with Crippen LogP contribution in [-0.4, -0.2) is 49.1 Å². The van der Waals surface area contributed by atoms with Gasteiger partial charge in [-0.2, -0.15) is 0 Å². The smallest absolute Gasteiger partial charge is 0.317 e. The molecule has 0 radical (unpaired) electrons. The molecule has 0 bridgehead atoms. The van der Waals surface area contributed by atoms with E-state index in [1.165, 1.54) is 30.5 Å². The zero-order valence-electron chi connectivity index (χ0n) is 13.1. The van der Waals surface area contributed by atoms with Crippen LogP contribution >= 0.6 is 11.6 Å². The fraction of sp³-hybridized carbons (Fsp3) is 0.588. The van der Waals surface area contributed by atoms with Gasteiger partial charge in [0.15, 0.2) is 0 Å². The Kier molecular flexibility index (Phi) is 4.89. The van der Waals surface area contributed by atoms with Crippen molar-refractivity contribution in [3.63, 3.8) is 0 Å². The molecule has 22 heavy (non-hydrogen) atoms. The zero-order valence-corrected chi connectivity index (χ0v) is 13.9. The number of likely N-dealkylation sites (tertiary alicyclic amines) is 1. The Morgan fingerprint density at radius 1 is 1.36 bits per heavy atom. The van der Waals surface area contributed by atoms with E-state index in [-0.39, 0.29) is 6.03 Å². The van der Waals surface area contributed by atoms with E-state index in [0.29, 0.717) is 12.5 Å². The number of carbonyl (C=O) groups is 1. The number of nitrogens with one attached hydrogen (secondary N) is 1. The Labute approximate surface area is 137 Å². The van der Waals surface area contributed by atoms with Crippen LogP contribution in [0.2, 0.25) is 5.02 Å². The van der Waals surface area contributed by atoms with Gasteiger partial charge in [0.1, 0.15) is 0 Å². The Morgan fingerprint density at radius 3 is 3.05 bits per heavy atom. The van der Waals surface area contributed by atoms with Crippen molar-refractivity contribution in [1.29, 1.82) is 0 Å². The molecule has 2 aliphatic heterocycles. The number of urea groups is 1. The fourth-order valence-electron chi connectivity index (χ4n) is 3.48. The third-order valence-corrected chi connectivity index (χ3v) is 4.97. The predicted octanol–water partition coefficient (Wildman–Crippen LogP) is 2.75. The number of nitrogens with zero attached hydrogens (tertiary/aromatic N) is 2. The number of carbonyl (C=O) groups excluding carboxylic acids is 1. The van der Waals surface area contributed by atoms with E-state index in [1.807, 2.05) is 17.0 Å². The van der Waals surface area contributed by atoms with Crippen LogP contribution in [0.15, 0.2) is 18.2 Å². The minimum absolute atomic E-state index is 0.0545. The van der Waals surface area contributed by atoms with E-state index in [2.05, 4.69) is 23.3 Å². The number of fused-ring (bicyclic) bond motifs is 1. The van der Waals surface area contributed by atoms with Crippen molar-refractivity contribution in [2.75, 3.05) is 33.2 Å². The number of rotatable bonds is 2. The molecule has 5 heteroatoms. The zero-order chi connectivity index (χ0) is 15.5. The van der Waals surface area contributed by atoms with Crippen LogP contribution in [0.3, 0.4) is 0 Å². The van der Waals surface area contributed by atoms with Gasteiger partial charge in [0.25, 0.3) is 0 Å². The van der Waals surface area contributed by atoms with E-state index >= 15 is 0 Å². The lowest BCUT2D eigenvalue weighted by Gasteiger charge is -2.32. The number of hydrogen-bond donors (Lipinski definition) is 1.